The van der Waals surface area contributed by atoms with E-state index in [1.807, 2.05) is 0 Å². The topological polar surface area (TPSA) is 82.8 Å². The molecule has 7 nitrogen and oxygen atoms in total. The largest absolute Gasteiger partial charge is 0.486 e. The van der Waals surface area contributed by atoms with E-state index in [1.165, 1.54) is 0 Å². The van der Waals surface area contributed by atoms with Gasteiger partial charge in [-0.15, -0.1) is 0 Å². The quantitative estimate of drug-likeness (QED) is 0.888. The van der Waals surface area contributed by atoms with Crippen molar-refractivity contribution in [1.29, 1.82) is 0 Å². The molecule has 1 aliphatic heterocycles. The van der Waals surface area contributed by atoms with E-state index in [2.05, 4.69) is 4.98 Å². The van der Waals surface area contributed by atoms with Gasteiger partial charge < -0.3 is 23.9 Å². The van der Waals surface area contributed by atoms with Crippen LogP contribution in [-0.4, -0.2) is 47.6 Å². The van der Waals surface area contributed by atoms with E-state index in [1.54, 1.807) is 23.8 Å². The van der Waals surface area contributed by atoms with Gasteiger partial charge in [0.05, 0.1) is 17.6 Å². The van der Waals surface area contributed by atoms with Crippen molar-refractivity contribution in [3.63, 3.8) is 0 Å². The first-order chi connectivity index (χ1) is 10.2. The van der Waals surface area contributed by atoms with E-state index in [-0.39, 0.29) is 6.54 Å². The van der Waals surface area contributed by atoms with Crippen LogP contribution in [0.3, 0.4) is 0 Å². The fourth-order valence-electron chi connectivity index (χ4n) is 2.41. The smallest absolute Gasteiger partial charge is 0.323 e. The minimum absolute atomic E-state index is 0.144. The summed E-state index contributed by atoms with van der Waals surface area (Å²) in [6, 6.07) is 3.58. The second-order valence-electron chi connectivity index (χ2n) is 4.74. The molecule has 0 aliphatic carbocycles. The molecule has 21 heavy (non-hydrogen) atoms. The number of methoxy groups -OCH3 is 1. The second-order valence-corrected chi connectivity index (χ2v) is 4.74. The zero-order chi connectivity index (χ0) is 14.8. The van der Waals surface area contributed by atoms with Crippen molar-refractivity contribution in [2.75, 3.05) is 26.9 Å². The molecule has 3 rings (SSSR count). The van der Waals surface area contributed by atoms with E-state index in [9.17, 15) is 4.79 Å². The van der Waals surface area contributed by atoms with Crippen molar-refractivity contribution >= 4 is 17.0 Å². The molecule has 112 valence electrons. The minimum Gasteiger partial charge on any atom is -0.486 e. The normalized spacial score (nSPS) is 13.6. The number of fused-ring (bicyclic) bond motifs is 2. The summed E-state index contributed by atoms with van der Waals surface area (Å²) in [6.07, 6.45) is 0.546. The van der Waals surface area contributed by atoms with Gasteiger partial charge in [-0.1, -0.05) is 0 Å². The van der Waals surface area contributed by atoms with Crippen LogP contribution < -0.4 is 9.47 Å². The second kappa shape index (κ2) is 5.61. The van der Waals surface area contributed by atoms with Gasteiger partial charge in [-0.05, 0) is 0 Å². The Labute approximate surface area is 121 Å². The third-order valence-electron chi connectivity index (χ3n) is 3.31. The molecule has 0 fully saturated rings. The molecule has 0 bridgehead atoms. The summed E-state index contributed by atoms with van der Waals surface area (Å²) in [7, 11) is 1.60. The van der Waals surface area contributed by atoms with E-state index >= 15 is 0 Å². The predicted molar refractivity (Wildman–Crippen MR) is 73.9 cm³/mol. The highest BCUT2D eigenvalue weighted by Gasteiger charge is 2.19. The molecule has 1 aromatic heterocycles. The standard InChI is InChI=1S/C14H16N2O5/c1-19-3-2-13-15-9-6-11-12(21-5-4-20-11)7-10(9)16(13)8-14(17)18/h6-7H,2-5,8H2,1H3,(H,17,18). The number of imidazole rings is 1. The molecule has 0 radical (unpaired) electrons. The molecule has 2 heterocycles. The van der Waals surface area contributed by atoms with Gasteiger partial charge in [0.2, 0.25) is 0 Å². The number of aromatic nitrogens is 2. The van der Waals surface area contributed by atoms with Gasteiger partial charge >= 0.3 is 5.97 Å². The first kappa shape index (κ1) is 13.7. The number of hydrogen-bond acceptors (Lipinski definition) is 5. The summed E-state index contributed by atoms with van der Waals surface area (Å²) in [5, 5.41) is 9.10. The molecule has 0 amide bonds. The van der Waals surface area contributed by atoms with Crippen molar-refractivity contribution in [3.05, 3.63) is 18.0 Å². The van der Waals surface area contributed by atoms with Crippen molar-refractivity contribution in [1.82, 2.24) is 9.55 Å². The van der Waals surface area contributed by atoms with Gasteiger partial charge in [0.25, 0.3) is 0 Å². The Balaban J connectivity index is 2.10. The number of aliphatic carboxylic acids is 1. The summed E-state index contributed by atoms with van der Waals surface area (Å²) in [5.41, 5.74) is 1.43. The van der Waals surface area contributed by atoms with Crippen LogP contribution in [0.5, 0.6) is 11.5 Å². The lowest BCUT2D eigenvalue weighted by Crippen LogP contribution is -2.16. The van der Waals surface area contributed by atoms with Crippen molar-refractivity contribution in [3.8, 4) is 11.5 Å². The maximum absolute atomic E-state index is 11.1. The van der Waals surface area contributed by atoms with E-state index in [0.717, 1.165) is 5.52 Å². The first-order valence-corrected chi connectivity index (χ1v) is 6.68. The molecule has 1 N–H and O–H groups in total. The monoisotopic (exact) mass is 292 g/mol. The van der Waals surface area contributed by atoms with Crippen LogP contribution in [0.2, 0.25) is 0 Å². The highest BCUT2D eigenvalue weighted by Crippen LogP contribution is 2.34. The molecular formula is C14H16N2O5. The Hall–Kier alpha value is -2.28. The van der Waals surface area contributed by atoms with Gasteiger partial charge in [-0.3, -0.25) is 4.79 Å². The Kier molecular flexibility index (Phi) is 3.66. The third kappa shape index (κ3) is 2.64. The van der Waals surface area contributed by atoms with Gasteiger partial charge in [0, 0.05) is 25.7 Å². The van der Waals surface area contributed by atoms with Crippen LogP contribution in [0, 0.1) is 0 Å². The highest BCUT2D eigenvalue weighted by atomic mass is 16.6. The molecule has 0 atom stereocenters. The summed E-state index contributed by atoms with van der Waals surface area (Å²) in [4.78, 5) is 15.6. The number of carboxylic acid groups (broad SMARTS) is 1. The van der Waals surface area contributed by atoms with Crippen LogP contribution in [0.25, 0.3) is 11.0 Å². The molecular weight excluding hydrogens is 276 g/mol. The number of carbonyl (C=O) groups is 1. The van der Waals surface area contributed by atoms with Gasteiger partial charge in [0.15, 0.2) is 11.5 Å². The van der Waals surface area contributed by atoms with E-state index in [0.29, 0.717) is 49.1 Å². The Bertz CT molecular complexity index is 680. The number of rotatable bonds is 5. The number of carboxylic acids is 1. The molecule has 1 aromatic carbocycles. The molecule has 1 aliphatic rings. The van der Waals surface area contributed by atoms with E-state index in [4.69, 9.17) is 19.3 Å². The van der Waals surface area contributed by atoms with Crippen LogP contribution in [0.1, 0.15) is 5.82 Å². The van der Waals surface area contributed by atoms with Gasteiger partial charge in [0.1, 0.15) is 25.6 Å². The van der Waals surface area contributed by atoms with Gasteiger partial charge in [-0.25, -0.2) is 4.98 Å². The van der Waals surface area contributed by atoms with E-state index < -0.39 is 5.97 Å². The molecule has 2 aromatic rings. The summed E-state index contributed by atoms with van der Waals surface area (Å²) >= 11 is 0. The maximum Gasteiger partial charge on any atom is 0.323 e. The zero-order valence-corrected chi connectivity index (χ0v) is 11.7. The first-order valence-electron chi connectivity index (χ1n) is 6.68. The van der Waals surface area contributed by atoms with Gasteiger partial charge in [-0.2, -0.15) is 0 Å². The molecule has 0 unspecified atom stereocenters. The van der Waals surface area contributed by atoms with Crippen molar-refractivity contribution < 1.29 is 24.1 Å². The highest BCUT2D eigenvalue weighted by molar-refractivity contribution is 5.82. The zero-order valence-electron chi connectivity index (χ0n) is 11.7. The van der Waals surface area contributed by atoms with Crippen molar-refractivity contribution in [2.24, 2.45) is 0 Å². The number of benzene rings is 1. The molecule has 7 heteroatoms. The molecule has 0 saturated carbocycles. The Morgan fingerprint density at radius 3 is 2.76 bits per heavy atom. The fraction of sp³-hybridized carbons (Fsp3) is 0.429. The Morgan fingerprint density at radius 2 is 2.10 bits per heavy atom. The van der Waals surface area contributed by atoms with Crippen LogP contribution in [0.15, 0.2) is 12.1 Å². The molecule has 0 saturated heterocycles. The summed E-state index contributed by atoms with van der Waals surface area (Å²) < 4.78 is 17.8. The summed E-state index contributed by atoms with van der Waals surface area (Å²) in [5.74, 6) is 1.03. The molecule has 0 spiro atoms. The average molecular weight is 292 g/mol. The minimum atomic E-state index is -0.914. The van der Waals surface area contributed by atoms with Crippen LogP contribution in [0.4, 0.5) is 0 Å². The van der Waals surface area contributed by atoms with Crippen LogP contribution >= 0.6 is 0 Å². The van der Waals surface area contributed by atoms with Crippen molar-refractivity contribution in [2.45, 2.75) is 13.0 Å². The van der Waals surface area contributed by atoms with Crippen LogP contribution in [-0.2, 0) is 22.5 Å². The third-order valence-corrected chi connectivity index (χ3v) is 3.31. The number of hydrogen-bond donors (Lipinski definition) is 1. The number of ether oxygens (including phenoxy) is 3. The average Bonchev–Trinajstić information content (AvgIpc) is 2.79. The maximum atomic E-state index is 11.1. The Morgan fingerprint density at radius 1 is 1.38 bits per heavy atom. The lowest BCUT2D eigenvalue weighted by Gasteiger charge is -2.18. The SMILES string of the molecule is COCCc1nc2cc3c(cc2n1CC(=O)O)OCCO3. The summed E-state index contributed by atoms with van der Waals surface area (Å²) in [6.45, 7) is 1.33. The lowest BCUT2D eigenvalue weighted by atomic mass is 10.2. The number of nitrogens with zero attached hydrogens (tertiary/aromatic N) is 2. The predicted octanol–water partition coefficient (Wildman–Crippen LogP) is 1.08. The fourth-order valence-corrected chi connectivity index (χ4v) is 2.41. The lowest BCUT2D eigenvalue weighted by molar-refractivity contribution is -0.137.